The third-order valence-electron chi connectivity index (χ3n) is 6.62. The minimum Gasteiger partial charge on any atom is -0.355 e. The fourth-order valence-corrected chi connectivity index (χ4v) is 5.74. The Hall–Kier alpha value is -0.950. The van der Waals surface area contributed by atoms with E-state index in [1.54, 1.807) is 0 Å². The summed E-state index contributed by atoms with van der Waals surface area (Å²) in [5.74, 6) is 3.75. The second kappa shape index (κ2) is 11.3. The van der Waals surface area contributed by atoms with E-state index in [4.69, 9.17) is 0 Å². The summed E-state index contributed by atoms with van der Waals surface area (Å²) < 4.78 is 0. The number of hydrogen-bond acceptors (Lipinski definition) is 4. The van der Waals surface area contributed by atoms with Gasteiger partial charge in [0.2, 0.25) is 5.91 Å². The van der Waals surface area contributed by atoms with Gasteiger partial charge in [0.15, 0.2) is 5.96 Å². The second-order valence-corrected chi connectivity index (χ2v) is 9.59. The lowest BCUT2D eigenvalue weighted by atomic mass is 9.85. The maximum absolute atomic E-state index is 12.7. The summed E-state index contributed by atoms with van der Waals surface area (Å²) in [5, 5.41) is 7.17. The van der Waals surface area contributed by atoms with Crippen LogP contribution < -0.4 is 10.6 Å². The molecular formula is C21H39N5OS. The zero-order valence-electron chi connectivity index (χ0n) is 17.8. The molecule has 1 unspecified atom stereocenters. The van der Waals surface area contributed by atoms with E-state index in [0.29, 0.717) is 18.0 Å². The van der Waals surface area contributed by atoms with Crippen LogP contribution in [0.5, 0.6) is 0 Å². The van der Waals surface area contributed by atoms with Gasteiger partial charge in [0.25, 0.3) is 0 Å². The van der Waals surface area contributed by atoms with Crippen molar-refractivity contribution in [2.75, 3.05) is 51.3 Å². The number of piperidine rings is 1. The fraction of sp³-hybridized carbons (Fsp3) is 0.905. The number of thioether (sulfide) groups is 1. The Morgan fingerprint density at radius 3 is 2.50 bits per heavy atom. The molecule has 7 heteroatoms. The normalized spacial score (nSPS) is 30.1. The number of likely N-dealkylation sites (tertiary alicyclic amines) is 1. The molecule has 2 aliphatic heterocycles. The van der Waals surface area contributed by atoms with Crippen LogP contribution in [0.4, 0.5) is 0 Å². The summed E-state index contributed by atoms with van der Waals surface area (Å²) in [4.78, 5) is 21.9. The van der Waals surface area contributed by atoms with Gasteiger partial charge in [0, 0.05) is 56.2 Å². The Bertz CT molecular complexity index is 515. The molecule has 3 fully saturated rings. The SMILES string of the molecule is CCN1CCCCC1CNC(=NC)NC1CCC(C(=O)N2CCSCC2)CC1. The molecule has 1 saturated carbocycles. The molecule has 6 nitrogen and oxygen atoms in total. The molecular weight excluding hydrogens is 370 g/mol. The number of carbonyl (C=O) groups is 1. The number of guanidine groups is 1. The molecule has 0 radical (unpaired) electrons. The number of aliphatic imine (C=N–C) groups is 1. The van der Waals surface area contributed by atoms with Gasteiger partial charge in [-0.25, -0.2) is 0 Å². The number of amides is 1. The summed E-state index contributed by atoms with van der Waals surface area (Å²) in [6.45, 7) is 7.46. The molecule has 0 aromatic heterocycles. The van der Waals surface area contributed by atoms with Crippen molar-refractivity contribution in [3.05, 3.63) is 0 Å². The largest absolute Gasteiger partial charge is 0.355 e. The van der Waals surface area contributed by atoms with Crippen molar-refractivity contribution in [1.82, 2.24) is 20.4 Å². The van der Waals surface area contributed by atoms with Gasteiger partial charge in [-0.2, -0.15) is 11.8 Å². The lowest BCUT2D eigenvalue weighted by Gasteiger charge is -2.36. The summed E-state index contributed by atoms with van der Waals surface area (Å²) in [5.41, 5.74) is 0. The predicted octanol–water partition coefficient (Wildman–Crippen LogP) is 2.16. The average Bonchev–Trinajstić information content (AvgIpc) is 2.77. The van der Waals surface area contributed by atoms with E-state index < -0.39 is 0 Å². The van der Waals surface area contributed by atoms with Crippen LogP contribution in [0.25, 0.3) is 0 Å². The lowest BCUT2D eigenvalue weighted by Crippen LogP contribution is -2.51. The lowest BCUT2D eigenvalue weighted by molar-refractivity contribution is -0.136. The number of rotatable bonds is 5. The van der Waals surface area contributed by atoms with E-state index in [-0.39, 0.29) is 5.92 Å². The number of nitrogens with zero attached hydrogens (tertiary/aromatic N) is 3. The van der Waals surface area contributed by atoms with Crippen molar-refractivity contribution in [3.63, 3.8) is 0 Å². The highest BCUT2D eigenvalue weighted by molar-refractivity contribution is 7.99. The first-order valence-corrected chi connectivity index (χ1v) is 12.4. The zero-order chi connectivity index (χ0) is 19.8. The van der Waals surface area contributed by atoms with Crippen LogP contribution >= 0.6 is 11.8 Å². The smallest absolute Gasteiger partial charge is 0.225 e. The fourth-order valence-electron chi connectivity index (χ4n) is 4.84. The Labute approximate surface area is 175 Å². The second-order valence-electron chi connectivity index (χ2n) is 8.36. The van der Waals surface area contributed by atoms with Crippen LogP contribution in [-0.4, -0.2) is 85.0 Å². The first-order valence-electron chi connectivity index (χ1n) is 11.3. The van der Waals surface area contributed by atoms with Gasteiger partial charge in [0.1, 0.15) is 0 Å². The Kier molecular flexibility index (Phi) is 8.77. The minimum absolute atomic E-state index is 0.233. The molecule has 3 aliphatic rings. The molecule has 160 valence electrons. The van der Waals surface area contributed by atoms with E-state index in [2.05, 4.69) is 32.3 Å². The van der Waals surface area contributed by atoms with E-state index in [1.165, 1.54) is 25.8 Å². The molecule has 0 bridgehead atoms. The monoisotopic (exact) mass is 409 g/mol. The van der Waals surface area contributed by atoms with E-state index in [9.17, 15) is 4.79 Å². The van der Waals surface area contributed by atoms with Gasteiger partial charge in [-0.3, -0.25) is 14.7 Å². The summed E-state index contributed by atoms with van der Waals surface area (Å²) >= 11 is 1.96. The maximum atomic E-state index is 12.7. The topological polar surface area (TPSA) is 60.0 Å². The minimum atomic E-state index is 0.233. The highest BCUT2D eigenvalue weighted by Gasteiger charge is 2.30. The molecule has 0 spiro atoms. The highest BCUT2D eigenvalue weighted by atomic mass is 32.2. The van der Waals surface area contributed by atoms with Gasteiger partial charge < -0.3 is 15.5 Å². The molecule has 0 aromatic carbocycles. The van der Waals surface area contributed by atoms with Crippen LogP contribution in [-0.2, 0) is 4.79 Å². The Morgan fingerprint density at radius 1 is 1.07 bits per heavy atom. The average molecular weight is 410 g/mol. The van der Waals surface area contributed by atoms with Crippen molar-refractivity contribution in [3.8, 4) is 0 Å². The molecule has 2 heterocycles. The van der Waals surface area contributed by atoms with E-state index in [0.717, 1.165) is 69.3 Å². The summed E-state index contributed by atoms with van der Waals surface area (Å²) in [7, 11) is 1.86. The van der Waals surface area contributed by atoms with E-state index in [1.807, 2.05) is 18.8 Å². The number of nitrogens with one attached hydrogen (secondary N) is 2. The van der Waals surface area contributed by atoms with Crippen molar-refractivity contribution in [2.24, 2.45) is 10.9 Å². The third kappa shape index (κ3) is 6.02. The zero-order valence-corrected chi connectivity index (χ0v) is 18.6. The van der Waals surface area contributed by atoms with Crippen LogP contribution in [0.3, 0.4) is 0 Å². The Morgan fingerprint density at radius 2 is 1.82 bits per heavy atom. The predicted molar refractivity (Wildman–Crippen MR) is 119 cm³/mol. The van der Waals surface area contributed by atoms with Crippen molar-refractivity contribution >= 4 is 23.6 Å². The van der Waals surface area contributed by atoms with Gasteiger partial charge in [-0.05, 0) is 51.6 Å². The van der Waals surface area contributed by atoms with Crippen LogP contribution in [0.2, 0.25) is 0 Å². The van der Waals surface area contributed by atoms with Crippen molar-refractivity contribution in [1.29, 1.82) is 0 Å². The summed E-state index contributed by atoms with van der Waals surface area (Å²) in [6.07, 6.45) is 8.07. The van der Waals surface area contributed by atoms with Crippen molar-refractivity contribution < 1.29 is 4.79 Å². The standard InChI is InChI=1S/C21H39N5OS/c1-3-25-11-5-4-6-19(25)16-23-21(22-2)24-18-9-7-17(8-10-18)20(27)26-12-14-28-15-13-26/h17-19H,3-16H2,1-2H3,(H2,22,23,24). The van der Waals surface area contributed by atoms with Gasteiger partial charge in [0.05, 0.1) is 0 Å². The molecule has 1 aliphatic carbocycles. The van der Waals surface area contributed by atoms with Gasteiger partial charge in [-0.1, -0.05) is 13.3 Å². The Balaban J connectivity index is 1.39. The molecule has 0 aromatic rings. The van der Waals surface area contributed by atoms with Gasteiger partial charge >= 0.3 is 0 Å². The van der Waals surface area contributed by atoms with Crippen LogP contribution in [0.1, 0.15) is 51.9 Å². The molecule has 3 rings (SSSR count). The van der Waals surface area contributed by atoms with Crippen molar-refractivity contribution in [2.45, 2.75) is 64.0 Å². The molecule has 2 saturated heterocycles. The maximum Gasteiger partial charge on any atom is 0.225 e. The van der Waals surface area contributed by atoms with Gasteiger partial charge in [-0.15, -0.1) is 0 Å². The number of likely N-dealkylation sites (N-methyl/N-ethyl adjacent to an activating group) is 1. The first kappa shape index (κ1) is 21.8. The number of carbonyl (C=O) groups excluding carboxylic acids is 1. The van der Waals surface area contributed by atoms with Crippen LogP contribution in [0.15, 0.2) is 4.99 Å². The third-order valence-corrected chi connectivity index (χ3v) is 7.57. The highest BCUT2D eigenvalue weighted by Crippen LogP contribution is 2.27. The molecule has 28 heavy (non-hydrogen) atoms. The van der Waals surface area contributed by atoms with E-state index >= 15 is 0 Å². The first-order chi connectivity index (χ1) is 13.7. The summed E-state index contributed by atoms with van der Waals surface area (Å²) in [6, 6.07) is 1.05. The molecule has 2 N–H and O–H groups in total. The number of hydrogen-bond donors (Lipinski definition) is 2. The quantitative estimate of drug-likeness (QED) is 0.538. The van der Waals surface area contributed by atoms with Crippen LogP contribution in [0, 0.1) is 5.92 Å². The molecule has 1 amide bonds. The molecule has 1 atom stereocenters.